The first kappa shape index (κ1) is 14.0. The molecule has 1 aliphatic rings. The molecule has 0 bridgehead atoms. The minimum atomic E-state index is -0.189. The van der Waals surface area contributed by atoms with E-state index in [9.17, 15) is 4.79 Å². The molecule has 19 heavy (non-hydrogen) atoms. The zero-order valence-electron chi connectivity index (χ0n) is 11.9. The number of amides is 1. The number of aromatic nitrogens is 1. The highest BCUT2D eigenvalue weighted by Crippen LogP contribution is 2.33. The van der Waals surface area contributed by atoms with Crippen LogP contribution in [-0.4, -0.2) is 35.9 Å². The van der Waals surface area contributed by atoms with Crippen molar-refractivity contribution in [2.45, 2.75) is 32.7 Å². The normalized spacial score (nSPS) is 22.4. The number of hydrogen-bond acceptors (Lipinski definition) is 3. The highest BCUT2D eigenvalue weighted by molar-refractivity contribution is 5.83. The zero-order chi connectivity index (χ0) is 13.7. The summed E-state index contributed by atoms with van der Waals surface area (Å²) in [4.78, 5) is 18.7. The predicted molar refractivity (Wildman–Crippen MR) is 75.5 cm³/mol. The second-order valence-corrected chi connectivity index (χ2v) is 5.48. The van der Waals surface area contributed by atoms with Crippen LogP contribution in [0.5, 0.6) is 0 Å². The molecule has 2 heterocycles. The van der Waals surface area contributed by atoms with Crippen LogP contribution in [-0.2, 0) is 11.3 Å². The van der Waals surface area contributed by atoms with Gasteiger partial charge in [0, 0.05) is 32.5 Å². The number of rotatable bonds is 5. The minimum Gasteiger partial charge on any atom is -0.341 e. The van der Waals surface area contributed by atoms with Crippen LogP contribution in [0.25, 0.3) is 0 Å². The fourth-order valence-corrected chi connectivity index (χ4v) is 2.97. The van der Waals surface area contributed by atoms with E-state index in [1.54, 1.807) is 6.20 Å². The van der Waals surface area contributed by atoms with Gasteiger partial charge in [-0.25, -0.2) is 0 Å². The summed E-state index contributed by atoms with van der Waals surface area (Å²) < 4.78 is 0. The summed E-state index contributed by atoms with van der Waals surface area (Å²) in [6, 6.07) is 3.92. The number of carbonyl (C=O) groups is 1. The van der Waals surface area contributed by atoms with Gasteiger partial charge < -0.3 is 10.2 Å². The molecule has 1 atom stereocenters. The SMILES string of the molecule is CCCC1(C(=O)N(C)Cc2cccnc2)CCNC1. The Morgan fingerprint density at radius 1 is 1.58 bits per heavy atom. The first-order valence-electron chi connectivity index (χ1n) is 7.03. The molecular formula is C15H23N3O. The Labute approximate surface area is 115 Å². The van der Waals surface area contributed by atoms with Crippen molar-refractivity contribution in [1.82, 2.24) is 15.2 Å². The topological polar surface area (TPSA) is 45.2 Å². The van der Waals surface area contributed by atoms with Crippen molar-refractivity contribution in [1.29, 1.82) is 0 Å². The quantitative estimate of drug-likeness (QED) is 0.879. The third kappa shape index (κ3) is 3.13. The smallest absolute Gasteiger partial charge is 0.230 e. The molecule has 1 aromatic rings. The van der Waals surface area contributed by atoms with E-state index in [-0.39, 0.29) is 11.3 Å². The second kappa shape index (κ2) is 6.15. The Hall–Kier alpha value is -1.42. The second-order valence-electron chi connectivity index (χ2n) is 5.48. The van der Waals surface area contributed by atoms with E-state index in [2.05, 4.69) is 17.2 Å². The molecule has 1 fully saturated rings. The van der Waals surface area contributed by atoms with Gasteiger partial charge in [-0.05, 0) is 31.0 Å². The molecule has 4 nitrogen and oxygen atoms in total. The van der Waals surface area contributed by atoms with E-state index in [0.29, 0.717) is 6.54 Å². The number of nitrogens with zero attached hydrogens (tertiary/aromatic N) is 2. The van der Waals surface area contributed by atoms with E-state index in [1.165, 1.54) is 0 Å². The highest BCUT2D eigenvalue weighted by atomic mass is 16.2. The molecule has 104 valence electrons. The maximum Gasteiger partial charge on any atom is 0.230 e. The Kier molecular flexibility index (Phi) is 4.53. The Morgan fingerprint density at radius 3 is 3.00 bits per heavy atom. The summed E-state index contributed by atoms with van der Waals surface area (Å²) in [5, 5.41) is 3.34. The molecule has 1 saturated heterocycles. The van der Waals surface area contributed by atoms with E-state index in [4.69, 9.17) is 0 Å². The largest absolute Gasteiger partial charge is 0.341 e. The predicted octanol–water partition coefficient (Wildman–Crippen LogP) is 1.82. The van der Waals surface area contributed by atoms with Gasteiger partial charge in [0.25, 0.3) is 0 Å². The summed E-state index contributed by atoms with van der Waals surface area (Å²) in [5.74, 6) is 0.267. The lowest BCUT2D eigenvalue weighted by Crippen LogP contribution is -2.43. The number of nitrogens with one attached hydrogen (secondary N) is 1. The highest BCUT2D eigenvalue weighted by Gasteiger charge is 2.41. The van der Waals surface area contributed by atoms with Gasteiger partial charge in [-0.1, -0.05) is 19.4 Å². The van der Waals surface area contributed by atoms with Gasteiger partial charge in [-0.3, -0.25) is 9.78 Å². The van der Waals surface area contributed by atoms with Gasteiger partial charge in [0.05, 0.1) is 5.41 Å². The van der Waals surface area contributed by atoms with Crippen molar-refractivity contribution in [3.8, 4) is 0 Å². The number of carbonyl (C=O) groups excluding carboxylic acids is 1. The van der Waals surface area contributed by atoms with Gasteiger partial charge in [-0.2, -0.15) is 0 Å². The molecule has 0 saturated carbocycles. The lowest BCUT2D eigenvalue weighted by Gasteiger charge is -2.31. The van der Waals surface area contributed by atoms with Crippen LogP contribution in [0.2, 0.25) is 0 Å². The molecule has 0 aromatic carbocycles. The average molecular weight is 261 g/mol. The van der Waals surface area contributed by atoms with Crippen molar-refractivity contribution in [2.75, 3.05) is 20.1 Å². The van der Waals surface area contributed by atoms with Crippen LogP contribution >= 0.6 is 0 Å². The Morgan fingerprint density at radius 2 is 2.42 bits per heavy atom. The minimum absolute atomic E-state index is 0.189. The van der Waals surface area contributed by atoms with Crippen molar-refractivity contribution >= 4 is 5.91 Å². The van der Waals surface area contributed by atoms with Gasteiger partial charge >= 0.3 is 0 Å². The summed E-state index contributed by atoms with van der Waals surface area (Å²) in [6.45, 7) is 4.55. The molecule has 0 radical (unpaired) electrons. The molecule has 0 spiro atoms. The molecule has 1 N–H and O–H groups in total. The first-order chi connectivity index (χ1) is 9.18. The van der Waals surface area contributed by atoms with Crippen LogP contribution in [0.3, 0.4) is 0 Å². The average Bonchev–Trinajstić information content (AvgIpc) is 2.89. The third-order valence-corrected chi connectivity index (χ3v) is 3.92. The van der Waals surface area contributed by atoms with Crippen LogP contribution in [0.15, 0.2) is 24.5 Å². The van der Waals surface area contributed by atoms with Crippen molar-refractivity contribution in [3.05, 3.63) is 30.1 Å². The Bertz CT molecular complexity index is 413. The van der Waals surface area contributed by atoms with Gasteiger partial charge in [0.2, 0.25) is 5.91 Å². The first-order valence-corrected chi connectivity index (χ1v) is 7.03. The summed E-state index contributed by atoms with van der Waals surface area (Å²) >= 11 is 0. The molecule has 2 rings (SSSR count). The monoisotopic (exact) mass is 261 g/mol. The van der Waals surface area contributed by atoms with Gasteiger partial charge in [-0.15, -0.1) is 0 Å². The van der Waals surface area contributed by atoms with Gasteiger partial charge in [0.1, 0.15) is 0 Å². The molecule has 1 aromatic heterocycles. The van der Waals surface area contributed by atoms with Crippen LogP contribution in [0.4, 0.5) is 0 Å². The lowest BCUT2D eigenvalue weighted by molar-refractivity contribution is -0.140. The molecule has 1 unspecified atom stereocenters. The summed E-state index contributed by atoms with van der Waals surface area (Å²) in [6.07, 6.45) is 6.55. The summed E-state index contributed by atoms with van der Waals surface area (Å²) in [7, 11) is 1.89. The zero-order valence-corrected chi connectivity index (χ0v) is 11.9. The standard InChI is InChI=1S/C15H23N3O/c1-3-6-15(7-9-17-12-15)14(19)18(2)11-13-5-4-8-16-10-13/h4-5,8,10,17H,3,6-7,9,11-12H2,1-2H3. The van der Waals surface area contributed by atoms with Crippen LogP contribution in [0.1, 0.15) is 31.7 Å². The van der Waals surface area contributed by atoms with E-state index >= 15 is 0 Å². The fourth-order valence-electron chi connectivity index (χ4n) is 2.97. The summed E-state index contributed by atoms with van der Waals surface area (Å²) in [5.41, 5.74) is 0.891. The maximum atomic E-state index is 12.7. The van der Waals surface area contributed by atoms with Crippen LogP contribution in [0, 0.1) is 5.41 Å². The molecular weight excluding hydrogens is 238 g/mol. The Balaban J connectivity index is 2.05. The van der Waals surface area contributed by atoms with Gasteiger partial charge in [0.15, 0.2) is 0 Å². The molecule has 4 heteroatoms. The van der Waals surface area contributed by atoms with Crippen molar-refractivity contribution in [2.24, 2.45) is 5.41 Å². The van der Waals surface area contributed by atoms with E-state index in [0.717, 1.165) is 37.9 Å². The van der Waals surface area contributed by atoms with Crippen LogP contribution < -0.4 is 5.32 Å². The van der Waals surface area contributed by atoms with E-state index in [1.807, 2.05) is 30.3 Å². The lowest BCUT2D eigenvalue weighted by atomic mass is 9.81. The van der Waals surface area contributed by atoms with Crippen molar-refractivity contribution < 1.29 is 4.79 Å². The number of hydrogen-bond donors (Lipinski definition) is 1. The fraction of sp³-hybridized carbons (Fsp3) is 0.600. The van der Waals surface area contributed by atoms with E-state index < -0.39 is 0 Å². The third-order valence-electron chi connectivity index (χ3n) is 3.92. The number of pyridine rings is 1. The molecule has 1 aliphatic heterocycles. The van der Waals surface area contributed by atoms with Crippen molar-refractivity contribution in [3.63, 3.8) is 0 Å². The molecule has 1 amide bonds. The molecule has 0 aliphatic carbocycles. The maximum absolute atomic E-state index is 12.7.